The summed E-state index contributed by atoms with van der Waals surface area (Å²) in [6, 6.07) is 3.67. The van der Waals surface area contributed by atoms with Crippen molar-refractivity contribution >= 4 is 15.9 Å². The Labute approximate surface area is 89.5 Å². The van der Waals surface area contributed by atoms with Crippen LogP contribution >= 0.6 is 15.9 Å². The summed E-state index contributed by atoms with van der Waals surface area (Å²) in [6.45, 7) is 0. The highest BCUT2D eigenvalue weighted by molar-refractivity contribution is 9.10. The highest BCUT2D eigenvalue weighted by atomic mass is 79.9. The molecule has 3 nitrogen and oxygen atoms in total. The first-order valence-corrected chi connectivity index (χ1v) is 4.85. The third-order valence-electron chi connectivity index (χ3n) is 1.85. The van der Waals surface area contributed by atoms with Crippen LogP contribution in [0.15, 0.2) is 22.7 Å². The normalized spacial score (nSPS) is 13.3. The van der Waals surface area contributed by atoms with Crippen LogP contribution in [0.2, 0.25) is 0 Å². The highest BCUT2D eigenvalue weighted by Gasteiger charge is 2.14. The van der Waals surface area contributed by atoms with Crippen LogP contribution in [0.3, 0.4) is 0 Å². The maximum absolute atomic E-state index is 13.2. The molecule has 0 spiro atoms. The van der Waals surface area contributed by atoms with Gasteiger partial charge in [-0.25, -0.2) is 4.39 Å². The van der Waals surface area contributed by atoms with Crippen LogP contribution in [-0.2, 0) is 6.42 Å². The lowest BCUT2D eigenvalue weighted by Crippen LogP contribution is -2.36. The summed E-state index contributed by atoms with van der Waals surface area (Å²) < 4.78 is 13.9. The molecule has 0 radical (unpaired) electrons. The molecule has 0 amide bonds. The third-order valence-corrected chi connectivity index (χ3v) is 2.35. The lowest BCUT2D eigenvalue weighted by molar-refractivity contribution is -0.0578. The van der Waals surface area contributed by atoms with Gasteiger partial charge in [-0.15, -0.1) is 0 Å². The van der Waals surface area contributed by atoms with Crippen molar-refractivity contribution in [3.8, 4) is 0 Å². The van der Waals surface area contributed by atoms with Crippen molar-refractivity contribution in [2.24, 2.45) is 5.73 Å². The van der Waals surface area contributed by atoms with Crippen LogP contribution in [-0.4, -0.2) is 22.5 Å². The fourth-order valence-corrected chi connectivity index (χ4v) is 1.38. The standard InChI is InChI=1S/C9H11BrFNO2/c10-6-2-1-5(7(11)4-6)3-8(12)9(13)14/h1-2,4,8-9,13-14H,3,12H2/t8-/m0/s1. The van der Waals surface area contributed by atoms with Crippen molar-refractivity contribution in [1.29, 1.82) is 0 Å². The van der Waals surface area contributed by atoms with E-state index in [0.29, 0.717) is 10.0 Å². The van der Waals surface area contributed by atoms with Gasteiger partial charge in [-0.3, -0.25) is 0 Å². The van der Waals surface area contributed by atoms with Crippen LogP contribution in [0, 0.1) is 5.82 Å². The van der Waals surface area contributed by atoms with E-state index >= 15 is 0 Å². The molecular weight excluding hydrogens is 253 g/mol. The Bertz CT molecular complexity index is 320. The Kier molecular flexibility index (Phi) is 4.00. The van der Waals surface area contributed by atoms with Gasteiger partial charge >= 0.3 is 0 Å². The number of hydrogen-bond donors (Lipinski definition) is 3. The van der Waals surface area contributed by atoms with Crippen molar-refractivity contribution in [3.05, 3.63) is 34.1 Å². The summed E-state index contributed by atoms with van der Waals surface area (Å²) in [6.07, 6.45) is -1.53. The van der Waals surface area contributed by atoms with Gasteiger partial charge in [0.25, 0.3) is 0 Å². The van der Waals surface area contributed by atoms with Gasteiger partial charge in [-0.1, -0.05) is 22.0 Å². The fraction of sp³-hybridized carbons (Fsp3) is 0.333. The summed E-state index contributed by atoms with van der Waals surface area (Å²) in [5, 5.41) is 17.5. The van der Waals surface area contributed by atoms with E-state index in [-0.39, 0.29) is 6.42 Å². The second kappa shape index (κ2) is 4.84. The van der Waals surface area contributed by atoms with Crippen molar-refractivity contribution in [3.63, 3.8) is 0 Å². The number of hydrogen-bond acceptors (Lipinski definition) is 3. The Balaban J connectivity index is 2.77. The van der Waals surface area contributed by atoms with Crippen LogP contribution in [0.25, 0.3) is 0 Å². The van der Waals surface area contributed by atoms with E-state index in [1.54, 1.807) is 12.1 Å². The molecule has 0 aromatic heterocycles. The SMILES string of the molecule is N[C@@H](Cc1ccc(Br)cc1F)C(O)O. The Hall–Kier alpha value is -0.490. The van der Waals surface area contributed by atoms with Crippen LogP contribution in [0.5, 0.6) is 0 Å². The molecule has 1 aromatic carbocycles. The van der Waals surface area contributed by atoms with Gasteiger partial charge in [0.05, 0.1) is 6.04 Å². The second-order valence-corrected chi connectivity index (χ2v) is 3.93. The van der Waals surface area contributed by atoms with Gasteiger partial charge in [-0.05, 0) is 24.1 Å². The molecule has 0 fully saturated rings. The molecule has 5 heteroatoms. The van der Waals surface area contributed by atoms with Crippen molar-refractivity contribution in [2.75, 3.05) is 0 Å². The van der Waals surface area contributed by atoms with Gasteiger partial charge in [0.2, 0.25) is 0 Å². The molecule has 1 atom stereocenters. The van der Waals surface area contributed by atoms with Crippen molar-refractivity contribution < 1.29 is 14.6 Å². The highest BCUT2D eigenvalue weighted by Crippen LogP contribution is 2.16. The van der Waals surface area contributed by atoms with E-state index in [4.69, 9.17) is 15.9 Å². The number of aliphatic hydroxyl groups excluding tert-OH is 1. The van der Waals surface area contributed by atoms with Gasteiger partial charge in [0.1, 0.15) is 5.82 Å². The van der Waals surface area contributed by atoms with E-state index in [1.807, 2.05) is 0 Å². The monoisotopic (exact) mass is 263 g/mol. The molecule has 0 bridgehead atoms. The predicted molar refractivity (Wildman–Crippen MR) is 54.0 cm³/mol. The zero-order valence-electron chi connectivity index (χ0n) is 7.32. The van der Waals surface area contributed by atoms with Gasteiger partial charge in [0, 0.05) is 4.47 Å². The first kappa shape index (κ1) is 11.6. The molecule has 0 aliphatic carbocycles. The topological polar surface area (TPSA) is 66.5 Å². The predicted octanol–water partition coefficient (Wildman–Crippen LogP) is 0.769. The van der Waals surface area contributed by atoms with E-state index < -0.39 is 18.1 Å². The Morgan fingerprint density at radius 3 is 2.57 bits per heavy atom. The summed E-state index contributed by atoms with van der Waals surface area (Å²) in [7, 11) is 0. The average Bonchev–Trinajstić information content (AvgIpc) is 2.09. The zero-order chi connectivity index (χ0) is 10.7. The van der Waals surface area contributed by atoms with Gasteiger partial charge in [0.15, 0.2) is 6.29 Å². The fourth-order valence-electron chi connectivity index (χ4n) is 1.05. The second-order valence-electron chi connectivity index (χ2n) is 3.02. The molecule has 0 unspecified atom stereocenters. The summed E-state index contributed by atoms with van der Waals surface area (Å²) in [4.78, 5) is 0. The van der Waals surface area contributed by atoms with Crippen molar-refractivity contribution in [2.45, 2.75) is 18.8 Å². The Morgan fingerprint density at radius 2 is 2.07 bits per heavy atom. The minimum absolute atomic E-state index is 0.0940. The zero-order valence-corrected chi connectivity index (χ0v) is 8.91. The smallest absolute Gasteiger partial charge is 0.167 e. The Morgan fingerprint density at radius 1 is 1.43 bits per heavy atom. The maximum atomic E-state index is 13.2. The van der Waals surface area contributed by atoms with Crippen LogP contribution < -0.4 is 5.73 Å². The molecule has 0 aliphatic rings. The summed E-state index contributed by atoms with van der Waals surface area (Å²) in [5.41, 5.74) is 5.75. The number of benzene rings is 1. The lowest BCUT2D eigenvalue weighted by atomic mass is 10.1. The largest absolute Gasteiger partial charge is 0.367 e. The summed E-state index contributed by atoms with van der Waals surface area (Å²) >= 11 is 3.12. The average molecular weight is 264 g/mol. The molecule has 14 heavy (non-hydrogen) atoms. The molecule has 0 saturated heterocycles. The molecule has 1 rings (SSSR count). The number of nitrogens with two attached hydrogens (primary N) is 1. The number of aliphatic hydroxyl groups is 2. The molecule has 78 valence electrons. The third kappa shape index (κ3) is 3.02. The molecule has 0 saturated carbocycles. The first-order valence-electron chi connectivity index (χ1n) is 4.06. The van der Waals surface area contributed by atoms with Crippen LogP contribution in [0.1, 0.15) is 5.56 Å². The molecular formula is C9H11BrFNO2. The van der Waals surface area contributed by atoms with E-state index in [0.717, 1.165) is 0 Å². The first-order chi connectivity index (χ1) is 6.50. The molecule has 4 N–H and O–H groups in total. The maximum Gasteiger partial charge on any atom is 0.167 e. The number of rotatable bonds is 3. The summed E-state index contributed by atoms with van der Waals surface area (Å²) in [5.74, 6) is -0.407. The van der Waals surface area contributed by atoms with E-state index in [9.17, 15) is 4.39 Å². The van der Waals surface area contributed by atoms with Gasteiger partial charge < -0.3 is 15.9 Å². The molecule has 0 aliphatic heterocycles. The van der Waals surface area contributed by atoms with Crippen LogP contribution in [0.4, 0.5) is 4.39 Å². The number of halogens is 2. The van der Waals surface area contributed by atoms with E-state index in [1.165, 1.54) is 6.07 Å². The van der Waals surface area contributed by atoms with E-state index in [2.05, 4.69) is 15.9 Å². The van der Waals surface area contributed by atoms with Gasteiger partial charge in [-0.2, -0.15) is 0 Å². The minimum atomic E-state index is -1.63. The molecule has 0 heterocycles. The minimum Gasteiger partial charge on any atom is -0.367 e. The lowest BCUT2D eigenvalue weighted by Gasteiger charge is -2.13. The van der Waals surface area contributed by atoms with Crippen molar-refractivity contribution in [1.82, 2.24) is 0 Å². The quantitative estimate of drug-likeness (QED) is 0.706. The molecule has 1 aromatic rings.